The van der Waals surface area contributed by atoms with Crippen LogP contribution in [0.25, 0.3) is 0 Å². The predicted octanol–water partition coefficient (Wildman–Crippen LogP) is 1.56. The van der Waals surface area contributed by atoms with Crippen molar-refractivity contribution >= 4 is 5.97 Å². The molecule has 0 spiro atoms. The molecule has 0 aromatic heterocycles. The van der Waals surface area contributed by atoms with Crippen LogP contribution < -0.4 is 0 Å². The lowest BCUT2D eigenvalue weighted by molar-refractivity contribution is -0.137. The smallest absolute Gasteiger partial charge is 0.330 e. The number of rotatable bonds is 4. The average Bonchev–Trinajstić information content (AvgIpc) is 2.80. The fraction of sp³-hybridized carbons (Fsp3) is 0.545. The number of aliphatic hydroxyl groups excluding tert-OH is 1. The van der Waals surface area contributed by atoms with Gasteiger partial charge in [0.15, 0.2) is 0 Å². The van der Waals surface area contributed by atoms with E-state index in [0.29, 0.717) is 20.0 Å². The second-order valence-electron chi connectivity index (χ2n) is 2.85. The van der Waals surface area contributed by atoms with Crippen molar-refractivity contribution in [2.75, 3.05) is 20.0 Å². The number of hydrogen-bond donors (Lipinski definition) is 1. The maximum absolute atomic E-state index is 10.1. The molecule has 0 saturated carbocycles. The molecule has 16 heavy (non-hydrogen) atoms. The molecule has 0 aromatic rings. The van der Waals surface area contributed by atoms with Gasteiger partial charge >= 0.3 is 5.97 Å². The maximum Gasteiger partial charge on any atom is 0.330 e. The highest BCUT2D eigenvalue weighted by molar-refractivity contribution is 5.81. The molecule has 1 fully saturated rings. The van der Waals surface area contributed by atoms with Crippen LogP contribution >= 0.6 is 0 Å². The molecule has 1 rings (SSSR count). The Kier molecular flexibility index (Phi) is 9.35. The molecule has 1 aliphatic rings. The summed E-state index contributed by atoms with van der Waals surface area (Å²) in [5, 5.41) is 8.25. The Labute approximate surface area is 95.3 Å². The molecule has 1 heterocycles. The van der Waals surface area contributed by atoms with Crippen LogP contribution in [-0.2, 0) is 19.0 Å². The zero-order chi connectivity index (χ0) is 12.2. The van der Waals surface area contributed by atoms with Crippen molar-refractivity contribution in [3.05, 3.63) is 25.0 Å². The Morgan fingerprint density at radius 2 is 2.44 bits per heavy atom. The van der Waals surface area contributed by atoms with E-state index in [9.17, 15) is 4.79 Å². The lowest BCUT2D eigenvalue weighted by Gasteiger charge is -1.99. The van der Waals surface area contributed by atoms with Gasteiger partial charge in [0, 0.05) is 6.08 Å². The summed E-state index contributed by atoms with van der Waals surface area (Å²) in [5.41, 5.74) is 0. The highest BCUT2D eigenvalue weighted by Crippen LogP contribution is 2.06. The highest BCUT2D eigenvalue weighted by Gasteiger charge is 2.13. The van der Waals surface area contributed by atoms with E-state index in [1.54, 1.807) is 13.0 Å². The van der Waals surface area contributed by atoms with Gasteiger partial charge < -0.3 is 19.3 Å². The second-order valence-corrected chi connectivity index (χ2v) is 2.85. The molecule has 1 N–H and O–H groups in total. The van der Waals surface area contributed by atoms with Gasteiger partial charge in [0.05, 0.1) is 25.6 Å². The maximum atomic E-state index is 10.1. The van der Waals surface area contributed by atoms with Crippen LogP contribution in [0.3, 0.4) is 0 Å². The van der Waals surface area contributed by atoms with E-state index in [2.05, 4.69) is 11.3 Å². The van der Waals surface area contributed by atoms with Crippen LogP contribution in [0, 0.1) is 0 Å². The topological polar surface area (TPSA) is 65.0 Å². The van der Waals surface area contributed by atoms with Crippen LogP contribution in [0.1, 0.15) is 13.3 Å². The van der Waals surface area contributed by atoms with E-state index in [4.69, 9.17) is 14.6 Å². The zero-order valence-electron chi connectivity index (χ0n) is 9.43. The first-order chi connectivity index (χ1) is 7.74. The van der Waals surface area contributed by atoms with Crippen molar-refractivity contribution in [2.45, 2.75) is 19.4 Å². The van der Waals surface area contributed by atoms with E-state index in [1.807, 2.05) is 0 Å². The molecule has 92 valence electrons. The van der Waals surface area contributed by atoms with Gasteiger partial charge in [0.2, 0.25) is 0 Å². The molecule has 5 nitrogen and oxygen atoms in total. The first-order valence-corrected chi connectivity index (χ1v) is 5.02. The van der Waals surface area contributed by atoms with Crippen LogP contribution in [-0.4, -0.2) is 37.2 Å². The van der Waals surface area contributed by atoms with Crippen LogP contribution in [0.4, 0.5) is 0 Å². The lowest BCUT2D eigenvalue weighted by Crippen LogP contribution is -2.06. The quantitative estimate of drug-likeness (QED) is 0.451. The molecule has 0 radical (unpaired) electrons. The summed E-state index contributed by atoms with van der Waals surface area (Å²) in [5.74, 6) is -0.359. The van der Waals surface area contributed by atoms with Crippen molar-refractivity contribution in [1.29, 1.82) is 0 Å². The third-order valence-corrected chi connectivity index (χ3v) is 1.65. The fourth-order valence-electron chi connectivity index (χ4n) is 0.922. The Hall–Kier alpha value is -1.33. The minimum Gasteiger partial charge on any atom is -0.516 e. The van der Waals surface area contributed by atoms with E-state index >= 15 is 0 Å². The van der Waals surface area contributed by atoms with Crippen molar-refractivity contribution in [1.82, 2.24) is 0 Å². The van der Waals surface area contributed by atoms with Crippen molar-refractivity contribution in [2.24, 2.45) is 0 Å². The van der Waals surface area contributed by atoms with Crippen molar-refractivity contribution < 1.29 is 24.1 Å². The first kappa shape index (κ1) is 14.7. The van der Waals surface area contributed by atoms with Gasteiger partial charge in [-0.2, -0.15) is 0 Å². The fourth-order valence-corrected chi connectivity index (χ4v) is 0.922. The number of hydrogen-bond acceptors (Lipinski definition) is 5. The zero-order valence-corrected chi connectivity index (χ0v) is 9.43. The van der Waals surface area contributed by atoms with Crippen LogP contribution in [0.5, 0.6) is 0 Å². The van der Waals surface area contributed by atoms with Gasteiger partial charge in [-0.1, -0.05) is 6.58 Å². The van der Waals surface area contributed by atoms with Gasteiger partial charge in [0.1, 0.15) is 6.79 Å². The highest BCUT2D eigenvalue weighted by atomic mass is 16.7. The Bertz CT molecular complexity index is 218. The summed E-state index contributed by atoms with van der Waals surface area (Å²) in [4.78, 5) is 10.1. The van der Waals surface area contributed by atoms with E-state index in [0.717, 1.165) is 18.8 Å². The third-order valence-electron chi connectivity index (χ3n) is 1.65. The number of carbonyl (C=O) groups excluding carboxylic acids is 1. The summed E-state index contributed by atoms with van der Waals surface area (Å²) in [6, 6.07) is 0. The number of carbonyl (C=O) groups is 1. The Morgan fingerprint density at radius 3 is 2.81 bits per heavy atom. The molecule has 0 amide bonds. The van der Waals surface area contributed by atoms with Crippen molar-refractivity contribution in [3.63, 3.8) is 0 Å². The third kappa shape index (κ3) is 8.02. The molecule has 5 heteroatoms. The summed E-state index contributed by atoms with van der Waals surface area (Å²) in [7, 11) is 0. The Balaban J connectivity index is 0.000000293. The van der Waals surface area contributed by atoms with Gasteiger partial charge in [-0.05, 0) is 19.4 Å². The molecular formula is C11H18O5. The van der Waals surface area contributed by atoms with Gasteiger partial charge in [-0.25, -0.2) is 4.79 Å². The standard InChI is InChI=1S/C6H10O3.C5H8O2/c7-3-1-2-6-4-8-5-9-6;1-3-5(6)7-4-2/h1,3,6-7H,2,4-5H2;3H,1,4H2,2H3. The minimum absolute atomic E-state index is 0.147. The first-order valence-electron chi connectivity index (χ1n) is 5.02. The van der Waals surface area contributed by atoms with Crippen LogP contribution in [0.2, 0.25) is 0 Å². The van der Waals surface area contributed by atoms with E-state index < -0.39 is 0 Å². The lowest BCUT2D eigenvalue weighted by atomic mass is 10.3. The predicted molar refractivity (Wildman–Crippen MR) is 58.9 cm³/mol. The number of ether oxygens (including phenoxy) is 3. The van der Waals surface area contributed by atoms with Gasteiger partial charge in [-0.3, -0.25) is 0 Å². The van der Waals surface area contributed by atoms with Crippen LogP contribution in [0.15, 0.2) is 25.0 Å². The number of esters is 1. The second kappa shape index (κ2) is 10.2. The molecular weight excluding hydrogens is 212 g/mol. The molecule has 0 bridgehead atoms. The van der Waals surface area contributed by atoms with Gasteiger partial charge in [-0.15, -0.1) is 0 Å². The average molecular weight is 230 g/mol. The summed E-state index contributed by atoms with van der Waals surface area (Å²) in [6.45, 7) is 6.41. The molecule has 1 atom stereocenters. The molecule has 0 aromatic carbocycles. The normalized spacial score (nSPS) is 18.9. The summed E-state index contributed by atoms with van der Waals surface area (Å²) >= 11 is 0. The molecule has 1 unspecified atom stereocenters. The molecule has 1 aliphatic heterocycles. The Morgan fingerprint density at radius 1 is 1.69 bits per heavy atom. The SMILES string of the molecule is C=CC(=O)OCC.OC=CCC1COCO1. The largest absolute Gasteiger partial charge is 0.516 e. The van der Waals surface area contributed by atoms with E-state index in [-0.39, 0.29) is 12.1 Å². The van der Waals surface area contributed by atoms with Crippen molar-refractivity contribution in [3.8, 4) is 0 Å². The number of aliphatic hydroxyl groups is 1. The summed E-state index contributed by atoms with van der Waals surface area (Å²) < 4.78 is 14.4. The molecule has 0 aliphatic carbocycles. The van der Waals surface area contributed by atoms with Gasteiger partial charge in [0.25, 0.3) is 0 Å². The monoisotopic (exact) mass is 230 g/mol. The molecule has 1 saturated heterocycles. The minimum atomic E-state index is -0.359. The summed E-state index contributed by atoms with van der Waals surface area (Å²) in [6.07, 6.45) is 4.70. The van der Waals surface area contributed by atoms with E-state index in [1.165, 1.54) is 0 Å².